The summed E-state index contributed by atoms with van der Waals surface area (Å²) in [5.74, 6) is -2.43. The Morgan fingerprint density at radius 3 is 2.56 bits per heavy atom. The molecule has 13 nitrogen and oxygen atoms in total. The highest BCUT2D eigenvalue weighted by atomic mass is 32.1. The fraction of sp³-hybridized carbons (Fsp3) is 0.341. The standard InChI is InChI=1S/C41H41F2N7O6S/c42-30-9-10-31(36(43)19-30)33(22-50-27-45-26-46-50)35(40-47-37(25-57-40)29-7-5-28(20-44)6-8-29)23-54-41(52)55-24-39-34(32-3-1-2-4-38(32)56-39)21-49-13-11-48(12-14-49)15-17-53-18-16-51/h1-10,19,25-27,33,35,51H,11-18,21-24H2/t33-,35-/m0/s1. The van der Waals surface area contributed by atoms with E-state index in [9.17, 15) is 14.4 Å². The van der Waals surface area contributed by atoms with Crippen molar-refractivity contribution >= 4 is 28.5 Å². The quantitative estimate of drug-likeness (QED) is 0.0810. The Morgan fingerprint density at radius 2 is 1.81 bits per heavy atom. The Balaban J connectivity index is 1.08. The van der Waals surface area contributed by atoms with Gasteiger partial charge in [-0.05, 0) is 29.8 Å². The number of halogens is 2. The maximum Gasteiger partial charge on any atom is 0.508 e. The minimum atomic E-state index is -0.952. The predicted molar refractivity (Wildman–Crippen MR) is 206 cm³/mol. The number of furan rings is 1. The molecule has 57 heavy (non-hydrogen) atoms. The third-order valence-electron chi connectivity index (χ3n) is 9.96. The maximum absolute atomic E-state index is 15.6. The van der Waals surface area contributed by atoms with Crippen molar-refractivity contribution in [2.24, 2.45) is 0 Å². The van der Waals surface area contributed by atoms with Gasteiger partial charge in [0.1, 0.15) is 47.2 Å². The van der Waals surface area contributed by atoms with Crippen LogP contribution >= 0.6 is 11.3 Å². The first kappa shape index (κ1) is 39.7. The number of carbonyl (C=O) groups excluding carboxylic acids is 1. The first-order chi connectivity index (χ1) is 27.9. The fourth-order valence-corrected chi connectivity index (χ4v) is 7.94. The molecule has 1 saturated heterocycles. The van der Waals surface area contributed by atoms with E-state index < -0.39 is 29.6 Å². The molecule has 3 aromatic carbocycles. The van der Waals surface area contributed by atoms with Crippen LogP contribution in [0.25, 0.3) is 22.2 Å². The third kappa shape index (κ3) is 10.1. The highest BCUT2D eigenvalue weighted by molar-refractivity contribution is 7.10. The van der Waals surface area contributed by atoms with Gasteiger partial charge in [-0.25, -0.2) is 23.5 Å². The van der Waals surface area contributed by atoms with Crippen molar-refractivity contribution in [3.63, 3.8) is 0 Å². The summed E-state index contributed by atoms with van der Waals surface area (Å²) in [6, 6.07) is 20.1. The summed E-state index contributed by atoms with van der Waals surface area (Å²) in [6.45, 7) is 5.39. The van der Waals surface area contributed by atoms with Crippen LogP contribution in [-0.4, -0.2) is 100.0 Å². The van der Waals surface area contributed by atoms with E-state index in [1.807, 2.05) is 29.6 Å². The van der Waals surface area contributed by atoms with Gasteiger partial charge in [-0.2, -0.15) is 10.4 Å². The summed E-state index contributed by atoms with van der Waals surface area (Å²) in [5, 5.41) is 25.7. The fourth-order valence-electron chi connectivity index (χ4n) is 6.96. The number of nitriles is 1. The number of aliphatic hydroxyl groups is 1. The highest BCUT2D eigenvalue weighted by Gasteiger charge is 2.33. The van der Waals surface area contributed by atoms with Crippen molar-refractivity contribution in [3.8, 4) is 17.3 Å². The van der Waals surface area contributed by atoms with Crippen LogP contribution in [0.2, 0.25) is 0 Å². The Labute approximate surface area is 331 Å². The number of aliphatic hydroxyl groups excluding tert-OH is 1. The number of fused-ring (bicyclic) bond motifs is 1. The van der Waals surface area contributed by atoms with E-state index in [1.165, 1.54) is 40.8 Å². The number of hydrogen-bond donors (Lipinski definition) is 1. The molecule has 0 amide bonds. The molecule has 1 aliphatic heterocycles. The minimum absolute atomic E-state index is 0.0101. The summed E-state index contributed by atoms with van der Waals surface area (Å²) >= 11 is 1.31. The third-order valence-corrected chi connectivity index (χ3v) is 10.9. The second-order valence-electron chi connectivity index (χ2n) is 13.6. The van der Waals surface area contributed by atoms with E-state index in [-0.39, 0.29) is 31.9 Å². The predicted octanol–water partition coefficient (Wildman–Crippen LogP) is 6.35. The van der Waals surface area contributed by atoms with Crippen LogP contribution in [-0.2, 0) is 33.9 Å². The maximum atomic E-state index is 15.6. The molecular formula is C41H41F2N7O6S. The van der Waals surface area contributed by atoms with Gasteiger partial charge in [0.25, 0.3) is 0 Å². The van der Waals surface area contributed by atoms with E-state index in [1.54, 1.807) is 24.3 Å². The summed E-state index contributed by atoms with van der Waals surface area (Å²) in [5.41, 5.74) is 3.68. The highest BCUT2D eigenvalue weighted by Crippen LogP contribution is 2.39. The molecule has 16 heteroatoms. The molecule has 0 aliphatic carbocycles. The van der Waals surface area contributed by atoms with Crippen molar-refractivity contribution in [3.05, 3.63) is 124 Å². The number of piperazine rings is 1. The molecule has 0 radical (unpaired) electrons. The average molecular weight is 798 g/mol. The first-order valence-electron chi connectivity index (χ1n) is 18.5. The van der Waals surface area contributed by atoms with Gasteiger partial charge in [0.05, 0.1) is 49.6 Å². The lowest BCUT2D eigenvalue weighted by molar-refractivity contribution is 0.0385. The topological polar surface area (TPSA) is 152 Å². The van der Waals surface area contributed by atoms with Gasteiger partial charge >= 0.3 is 6.16 Å². The summed E-state index contributed by atoms with van der Waals surface area (Å²) in [4.78, 5) is 27.0. The molecule has 1 fully saturated rings. The Morgan fingerprint density at radius 1 is 1.00 bits per heavy atom. The lowest BCUT2D eigenvalue weighted by Gasteiger charge is -2.34. The number of nitrogens with zero attached hydrogens (tertiary/aromatic N) is 7. The van der Waals surface area contributed by atoms with Gasteiger partial charge in [-0.1, -0.05) is 36.4 Å². The minimum Gasteiger partial charge on any atom is -0.457 e. The van der Waals surface area contributed by atoms with Crippen LogP contribution in [0.3, 0.4) is 0 Å². The number of para-hydroxylation sites is 1. The Hall–Kier alpha value is -5.57. The number of rotatable bonds is 17. The van der Waals surface area contributed by atoms with Crippen LogP contribution < -0.4 is 0 Å². The molecule has 0 spiro atoms. The van der Waals surface area contributed by atoms with Crippen LogP contribution in [0, 0.1) is 23.0 Å². The summed E-state index contributed by atoms with van der Waals surface area (Å²) in [6.07, 6.45) is 1.90. The zero-order chi connectivity index (χ0) is 39.6. The Kier molecular flexibility index (Phi) is 13.3. The molecule has 3 aromatic heterocycles. The van der Waals surface area contributed by atoms with Gasteiger partial charge in [0.15, 0.2) is 6.61 Å². The first-order valence-corrected chi connectivity index (χ1v) is 19.4. The molecule has 296 valence electrons. The smallest absolute Gasteiger partial charge is 0.457 e. The normalized spacial score (nSPS) is 14.7. The molecule has 1 aliphatic rings. The number of hydrogen-bond acceptors (Lipinski definition) is 13. The number of benzene rings is 3. The van der Waals surface area contributed by atoms with Gasteiger partial charge in [-0.15, -0.1) is 11.3 Å². The second kappa shape index (κ2) is 19.0. The van der Waals surface area contributed by atoms with E-state index in [4.69, 9.17) is 28.7 Å². The largest absolute Gasteiger partial charge is 0.508 e. The lowest BCUT2D eigenvalue weighted by Crippen LogP contribution is -2.46. The number of thiazole rings is 1. The molecule has 0 bridgehead atoms. The average Bonchev–Trinajstić information content (AvgIpc) is 4.01. The van der Waals surface area contributed by atoms with Crippen LogP contribution in [0.4, 0.5) is 13.6 Å². The lowest BCUT2D eigenvalue weighted by atomic mass is 9.86. The molecule has 4 heterocycles. The SMILES string of the molecule is N#Cc1ccc(-c2csc([C@@H](COC(=O)OCc3oc4ccccc4c3CN3CCN(CCOCCO)CC3)[C@@H](Cn3cncn3)c3ccc(F)cc3F)n2)cc1. The van der Waals surface area contributed by atoms with Gasteiger partial charge < -0.3 is 23.7 Å². The van der Waals surface area contributed by atoms with Crippen LogP contribution in [0.15, 0.2) is 89.2 Å². The van der Waals surface area contributed by atoms with Crippen LogP contribution in [0.1, 0.15) is 39.3 Å². The molecule has 1 N–H and O–H groups in total. The van der Waals surface area contributed by atoms with E-state index in [0.717, 1.165) is 55.3 Å². The van der Waals surface area contributed by atoms with Crippen molar-refractivity contribution in [2.45, 2.75) is 31.5 Å². The summed E-state index contributed by atoms with van der Waals surface area (Å²) in [7, 11) is 0. The molecule has 0 saturated carbocycles. The second-order valence-corrected chi connectivity index (χ2v) is 14.4. The van der Waals surface area contributed by atoms with Gasteiger partial charge in [0, 0.05) is 73.1 Å². The zero-order valence-electron chi connectivity index (χ0n) is 31.0. The van der Waals surface area contributed by atoms with Crippen LogP contribution in [0.5, 0.6) is 0 Å². The number of aromatic nitrogens is 4. The van der Waals surface area contributed by atoms with Crippen molar-refractivity contribution in [1.29, 1.82) is 5.26 Å². The summed E-state index contributed by atoms with van der Waals surface area (Å²) < 4.78 is 54.3. The van der Waals surface area contributed by atoms with E-state index in [0.29, 0.717) is 47.4 Å². The monoisotopic (exact) mass is 797 g/mol. The van der Waals surface area contributed by atoms with Gasteiger partial charge in [0.2, 0.25) is 0 Å². The van der Waals surface area contributed by atoms with Crippen molar-refractivity contribution in [1.82, 2.24) is 29.5 Å². The molecule has 6 aromatic rings. The van der Waals surface area contributed by atoms with Gasteiger partial charge in [-0.3, -0.25) is 14.5 Å². The van der Waals surface area contributed by atoms with E-state index >= 15 is 4.39 Å². The van der Waals surface area contributed by atoms with Crippen molar-refractivity contribution in [2.75, 3.05) is 59.2 Å². The zero-order valence-corrected chi connectivity index (χ0v) is 31.8. The van der Waals surface area contributed by atoms with Crippen molar-refractivity contribution < 1.29 is 37.3 Å². The number of ether oxygens (including phenoxy) is 3. The molecule has 0 unspecified atom stereocenters. The van der Waals surface area contributed by atoms with E-state index in [2.05, 4.69) is 26.0 Å². The Bertz CT molecular complexity index is 2270. The molecule has 7 rings (SSSR count). The molecular weight excluding hydrogens is 757 g/mol. The number of carbonyl (C=O) groups is 1. The molecule has 2 atom stereocenters.